The third kappa shape index (κ3) is 4.26. The zero-order valence-corrected chi connectivity index (χ0v) is 18.0. The maximum absolute atomic E-state index is 13.1. The summed E-state index contributed by atoms with van der Waals surface area (Å²) in [5, 5.41) is 10.0. The first-order valence-corrected chi connectivity index (χ1v) is 10.6. The first kappa shape index (κ1) is 20.6. The number of benzene rings is 2. The second kappa shape index (κ2) is 8.99. The molecular weight excluding hydrogens is 424 g/mol. The highest BCUT2D eigenvalue weighted by Crippen LogP contribution is 2.26. The molecule has 0 amide bonds. The summed E-state index contributed by atoms with van der Waals surface area (Å²) in [5.41, 5.74) is 1.34. The smallest absolute Gasteiger partial charge is 0.262 e. The van der Waals surface area contributed by atoms with Crippen LogP contribution < -0.4 is 5.56 Å². The van der Waals surface area contributed by atoms with Crippen molar-refractivity contribution in [1.82, 2.24) is 19.7 Å². The second-order valence-electron chi connectivity index (χ2n) is 6.69. The first-order chi connectivity index (χ1) is 14.6. The van der Waals surface area contributed by atoms with Crippen LogP contribution in [0.3, 0.4) is 0 Å². The fraction of sp³-hybridized carbons (Fsp3) is 0.238. The fourth-order valence-electron chi connectivity index (χ4n) is 3.08. The molecule has 0 bridgehead atoms. The highest BCUT2D eigenvalue weighted by Gasteiger charge is 2.18. The molecule has 4 aromatic rings. The van der Waals surface area contributed by atoms with Crippen molar-refractivity contribution in [3.05, 3.63) is 69.8 Å². The molecule has 0 spiro atoms. The van der Waals surface area contributed by atoms with Crippen LogP contribution in [0.25, 0.3) is 22.4 Å². The van der Waals surface area contributed by atoms with Crippen molar-refractivity contribution in [1.29, 1.82) is 0 Å². The van der Waals surface area contributed by atoms with Crippen molar-refractivity contribution < 1.29 is 9.15 Å². The maximum atomic E-state index is 13.1. The van der Waals surface area contributed by atoms with Gasteiger partial charge in [0.15, 0.2) is 5.16 Å². The molecule has 0 saturated heterocycles. The molecular formula is C21H19ClN4O3S. The number of rotatable bonds is 7. The summed E-state index contributed by atoms with van der Waals surface area (Å²) in [6.07, 6.45) is 0. The predicted molar refractivity (Wildman–Crippen MR) is 117 cm³/mol. The molecule has 0 aliphatic carbocycles. The lowest BCUT2D eigenvalue weighted by Gasteiger charge is -2.18. The standard InChI is InChI=1S/C21H19ClN4O3S/c1-13(11-28-2)26-20(27)16-5-3-4-6-17(16)23-21(26)30-12-18-24-25-19(29-18)14-7-9-15(22)10-8-14/h3-10,13H,11-12H2,1-2H3. The van der Waals surface area contributed by atoms with Crippen LogP contribution >= 0.6 is 23.4 Å². The molecule has 4 rings (SSSR count). The van der Waals surface area contributed by atoms with Crippen LogP contribution in [0.1, 0.15) is 18.9 Å². The molecule has 154 valence electrons. The largest absolute Gasteiger partial charge is 0.420 e. The van der Waals surface area contributed by atoms with Gasteiger partial charge in [0, 0.05) is 17.7 Å². The second-order valence-corrected chi connectivity index (χ2v) is 8.07. The number of fused-ring (bicyclic) bond motifs is 1. The van der Waals surface area contributed by atoms with Gasteiger partial charge < -0.3 is 9.15 Å². The number of hydrogen-bond donors (Lipinski definition) is 0. The number of hydrogen-bond acceptors (Lipinski definition) is 7. The van der Waals surface area contributed by atoms with E-state index >= 15 is 0 Å². The van der Waals surface area contributed by atoms with E-state index in [9.17, 15) is 4.79 Å². The van der Waals surface area contributed by atoms with E-state index in [2.05, 4.69) is 10.2 Å². The molecule has 1 unspecified atom stereocenters. The average Bonchev–Trinajstić information content (AvgIpc) is 3.22. The molecule has 0 fully saturated rings. The minimum atomic E-state index is -0.172. The highest BCUT2D eigenvalue weighted by atomic mass is 35.5. The van der Waals surface area contributed by atoms with Gasteiger partial charge in [0.1, 0.15) is 0 Å². The van der Waals surface area contributed by atoms with Crippen LogP contribution in [0.5, 0.6) is 0 Å². The molecule has 0 radical (unpaired) electrons. The number of para-hydroxylation sites is 1. The average molecular weight is 443 g/mol. The Morgan fingerprint density at radius 1 is 1.17 bits per heavy atom. The first-order valence-electron chi connectivity index (χ1n) is 9.28. The number of ether oxygens (including phenoxy) is 1. The van der Waals surface area contributed by atoms with Gasteiger partial charge in [-0.15, -0.1) is 10.2 Å². The number of aromatic nitrogens is 4. The molecule has 0 aliphatic rings. The molecule has 2 heterocycles. The van der Waals surface area contributed by atoms with Crippen LogP contribution in [0, 0.1) is 0 Å². The van der Waals surface area contributed by atoms with E-state index in [1.165, 1.54) is 11.8 Å². The van der Waals surface area contributed by atoms with Crippen molar-refractivity contribution in [3.8, 4) is 11.5 Å². The lowest BCUT2D eigenvalue weighted by atomic mass is 10.2. The van der Waals surface area contributed by atoms with E-state index in [-0.39, 0.29) is 11.6 Å². The van der Waals surface area contributed by atoms with Gasteiger partial charge >= 0.3 is 0 Å². The van der Waals surface area contributed by atoms with Gasteiger partial charge in [0.2, 0.25) is 11.8 Å². The third-order valence-electron chi connectivity index (χ3n) is 4.51. The lowest BCUT2D eigenvalue weighted by molar-refractivity contribution is 0.156. The number of thioether (sulfide) groups is 1. The van der Waals surface area contributed by atoms with E-state index in [1.54, 1.807) is 29.9 Å². The molecule has 2 aromatic carbocycles. The normalized spacial score (nSPS) is 12.4. The summed E-state index contributed by atoms with van der Waals surface area (Å²) in [4.78, 5) is 17.8. The van der Waals surface area contributed by atoms with Crippen molar-refractivity contribution in [2.45, 2.75) is 23.9 Å². The number of methoxy groups -OCH3 is 1. The monoisotopic (exact) mass is 442 g/mol. The Bertz CT molecular complexity index is 1220. The Labute approximate surface area is 182 Å². The van der Waals surface area contributed by atoms with Crippen molar-refractivity contribution in [2.24, 2.45) is 0 Å². The topological polar surface area (TPSA) is 83.0 Å². The number of nitrogens with zero attached hydrogens (tertiary/aromatic N) is 4. The molecule has 9 heteroatoms. The SMILES string of the molecule is COCC(C)n1c(SCc2nnc(-c3ccc(Cl)cc3)o2)nc2ccccc2c1=O. The van der Waals surface area contributed by atoms with Crippen LogP contribution in [0.4, 0.5) is 0 Å². The fourth-order valence-corrected chi connectivity index (χ4v) is 4.14. The Balaban J connectivity index is 1.63. The summed E-state index contributed by atoms with van der Waals surface area (Å²) < 4.78 is 12.7. The van der Waals surface area contributed by atoms with Crippen LogP contribution in [0.2, 0.25) is 5.02 Å². The highest BCUT2D eigenvalue weighted by molar-refractivity contribution is 7.98. The quantitative estimate of drug-likeness (QED) is 0.305. The molecule has 30 heavy (non-hydrogen) atoms. The summed E-state index contributed by atoms with van der Waals surface area (Å²) in [6.45, 7) is 2.32. The Hall–Kier alpha value is -2.68. The Morgan fingerprint density at radius 2 is 1.93 bits per heavy atom. The van der Waals surface area contributed by atoms with E-state index in [0.29, 0.717) is 45.2 Å². The summed E-state index contributed by atoms with van der Waals surface area (Å²) >= 11 is 7.30. The van der Waals surface area contributed by atoms with Gasteiger partial charge in [-0.3, -0.25) is 9.36 Å². The maximum Gasteiger partial charge on any atom is 0.262 e. The van der Waals surface area contributed by atoms with Crippen LogP contribution in [0.15, 0.2) is 62.9 Å². The van der Waals surface area contributed by atoms with Crippen molar-refractivity contribution in [3.63, 3.8) is 0 Å². The van der Waals surface area contributed by atoms with E-state index in [0.717, 1.165) is 5.56 Å². The van der Waals surface area contributed by atoms with Gasteiger partial charge in [0.05, 0.1) is 29.3 Å². The van der Waals surface area contributed by atoms with Gasteiger partial charge in [-0.05, 0) is 43.3 Å². The molecule has 0 aliphatic heterocycles. The van der Waals surface area contributed by atoms with E-state index in [1.807, 2.05) is 37.3 Å². The van der Waals surface area contributed by atoms with Gasteiger partial charge in [0.25, 0.3) is 5.56 Å². The van der Waals surface area contributed by atoms with Gasteiger partial charge in [-0.2, -0.15) is 0 Å². The molecule has 0 saturated carbocycles. The lowest BCUT2D eigenvalue weighted by Crippen LogP contribution is -2.28. The Kier molecular flexibility index (Phi) is 6.17. The van der Waals surface area contributed by atoms with E-state index in [4.69, 9.17) is 25.7 Å². The Morgan fingerprint density at radius 3 is 2.70 bits per heavy atom. The summed E-state index contributed by atoms with van der Waals surface area (Å²) in [6, 6.07) is 14.3. The minimum Gasteiger partial charge on any atom is -0.420 e. The molecule has 1 atom stereocenters. The number of halogens is 1. The molecule has 0 N–H and O–H groups in total. The minimum absolute atomic E-state index is 0.0972. The summed E-state index contributed by atoms with van der Waals surface area (Å²) in [5.74, 6) is 1.24. The summed E-state index contributed by atoms with van der Waals surface area (Å²) in [7, 11) is 1.61. The van der Waals surface area contributed by atoms with Gasteiger partial charge in [-0.1, -0.05) is 35.5 Å². The van der Waals surface area contributed by atoms with Crippen molar-refractivity contribution in [2.75, 3.05) is 13.7 Å². The zero-order chi connectivity index (χ0) is 21.1. The molecule has 7 nitrogen and oxygen atoms in total. The van der Waals surface area contributed by atoms with E-state index < -0.39 is 0 Å². The molecule has 2 aromatic heterocycles. The van der Waals surface area contributed by atoms with Gasteiger partial charge in [-0.25, -0.2) is 4.98 Å². The van der Waals surface area contributed by atoms with Crippen LogP contribution in [-0.4, -0.2) is 33.5 Å². The zero-order valence-electron chi connectivity index (χ0n) is 16.4. The predicted octanol–water partition coefficient (Wildman–Crippen LogP) is 4.60. The van der Waals surface area contributed by atoms with Crippen molar-refractivity contribution >= 4 is 34.3 Å². The van der Waals surface area contributed by atoms with Crippen LogP contribution in [-0.2, 0) is 10.5 Å². The third-order valence-corrected chi connectivity index (χ3v) is 5.70.